The number of alkyl halides is 3. The molecular weight excluding hydrogens is 237 g/mol. The summed E-state index contributed by atoms with van der Waals surface area (Å²) in [4.78, 5) is 0. The number of benzene rings is 1. The van der Waals surface area contributed by atoms with E-state index in [1.807, 2.05) is 27.7 Å². The van der Waals surface area contributed by atoms with E-state index in [2.05, 4.69) is 0 Å². The second kappa shape index (κ2) is 5.33. The first-order chi connectivity index (χ1) is 8.39. The number of halogens is 3. The van der Waals surface area contributed by atoms with Crippen molar-refractivity contribution in [1.82, 2.24) is 0 Å². The average molecular weight is 258 g/mol. The van der Waals surface area contributed by atoms with Crippen molar-refractivity contribution < 1.29 is 13.2 Å². The molecular formula is C15H21F3. The second-order valence-electron chi connectivity index (χ2n) is 4.66. The van der Waals surface area contributed by atoms with Crippen molar-refractivity contribution >= 4 is 0 Å². The maximum atomic E-state index is 12.6. The molecule has 0 bridgehead atoms. The summed E-state index contributed by atoms with van der Waals surface area (Å²) in [5.74, 6) is 0. The van der Waals surface area contributed by atoms with Crippen molar-refractivity contribution in [2.75, 3.05) is 0 Å². The van der Waals surface area contributed by atoms with E-state index in [1.54, 1.807) is 6.07 Å². The molecule has 0 atom stereocenters. The highest BCUT2D eigenvalue weighted by molar-refractivity contribution is 5.41. The maximum absolute atomic E-state index is 12.6. The Labute approximate surface area is 107 Å². The van der Waals surface area contributed by atoms with Crippen molar-refractivity contribution in [3.8, 4) is 0 Å². The molecule has 3 heteroatoms. The third-order valence-corrected chi connectivity index (χ3v) is 3.67. The first-order valence-electron chi connectivity index (χ1n) is 6.57. The van der Waals surface area contributed by atoms with Gasteiger partial charge in [-0.1, -0.05) is 26.8 Å². The topological polar surface area (TPSA) is 0 Å². The fourth-order valence-electron chi connectivity index (χ4n) is 2.33. The van der Waals surface area contributed by atoms with Gasteiger partial charge in [-0.3, -0.25) is 0 Å². The van der Waals surface area contributed by atoms with Gasteiger partial charge < -0.3 is 0 Å². The van der Waals surface area contributed by atoms with Crippen LogP contribution in [-0.2, 0) is 11.6 Å². The predicted octanol–water partition coefficient (Wildman–Crippen LogP) is 5.48. The summed E-state index contributed by atoms with van der Waals surface area (Å²) in [5.41, 5.74) is 1.38. The molecule has 0 aliphatic heterocycles. The quantitative estimate of drug-likeness (QED) is 0.658. The molecule has 0 spiro atoms. The summed E-state index contributed by atoms with van der Waals surface area (Å²) in [7, 11) is 0. The normalized spacial score (nSPS) is 16.8. The Balaban J connectivity index is 0.000000771. The van der Waals surface area contributed by atoms with Crippen molar-refractivity contribution in [2.24, 2.45) is 0 Å². The summed E-state index contributed by atoms with van der Waals surface area (Å²) in [6.45, 7) is 7.94. The monoisotopic (exact) mass is 258 g/mol. The Morgan fingerprint density at radius 3 is 2.11 bits per heavy atom. The van der Waals surface area contributed by atoms with Crippen molar-refractivity contribution in [3.63, 3.8) is 0 Å². The van der Waals surface area contributed by atoms with Gasteiger partial charge in [-0.2, -0.15) is 13.2 Å². The molecule has 0 saturated heterocycles. The fourth-order valence-corrected chi connectivity index (χ4v) is 2.33. The molecule has 0 N–H and O–H groups in total. The largest absolute Gasteiger partial charge is 0.416 e. The minimum absolute atomic E-state index is 0.0331. The lowest BCUT2D eigenvalue weighted by molar-refractivity contribution is -0.137. The van der Waals surface area contributed by atoms with Crippen LogP contribution in [0.4, 0.5) is 13.2 Å². The molecule has 0 unspecified atom stereocenters. The zero-order valence-electron chi connectivity index (χ0n) is 11.5. The van der Waals surface area contributed by atoms with Gasteiger partial charge in [0.15, 0.2) is 0 Å². The van der Waals surface area contributed by atoms with Crippen LogP contribution in [0.5, 0.6) is 0 Å². The second-order valence-corrected chi connectivity index (χ2v) is 4.66. The molecule has 0 radical (unpaired) electrons. The SMILES string of the molecule is CC.CCC1(c2cc(C(F)(F)F)ccc2C)CC1. The summed E-state index contributed by atoms with van der Waals surface area (Å²) in [5, 5.41) is 0. The van der Waals surface area contributed by atoms with Gasteiger partial charge in [0.25, 0.3) is 0 Å². The zero-order valence-corrected chi connectivity index (χ0v) is 11.5. The Bertz CT molecular complexity index is 401. The highest BCUT2D eigenvalue weighted by Crippen LogP contribution is 2.52. The number of hydrogen-bond acceptors (Lipinski definition) is 0. The van der Waals surface area contributed by atoms with E-state index in [0.29, 0.717) is 0 Å². The lowest BCUT2D eigenvalue weighted by Gasteiger charge is -2.18. The molecule has 1 aromatic rings. The van der Waals surface area contributed by atoms with Crippen molar-refractivity contribution in [1.29, 1.82) is 0 Å². The first kappa shape index (κ1) is 15.1. The van der Waals surface area contributed by atoms with Gasteiger partial charge in [0.05, 0.1) is 5.56 Å². The highest BCUT2D eigenvalue weighted by atomic mass is 19.4. The van der Waals surface area contributed by atoms with Gasteiger partial charge >= 0.3 is 6.18 Å². The van der Waals surface area contributed by atoms with E-state index in [4.69, 9.17) is 0 Å². The van der Waals surface area contributed by atoms with Crippen LogP contribution < -0.4 is 0 Å². The van der Waals surface area contributed by atoms with Gasteiger partial charge in [-0.25, -0.2) is 0 Å². The lowest BCUT2D eigenvalue weighted by Crippen LogP contribution is -2.11. The van der Waals surface area contributed by atoms with Crippen molar-refractivity contribution in [3.05, 3.63) is 34.9 Å². The van der Waals surface area contributed by atoms with Crippen LogP contribution >= 0.6 is 0 Å². The minimum Gasteiger partial charge on any atom is -0.166 e. The third-order valence-electron chi connectivity index (χ3n) is 3.67. The molecule has 2 rings (SSSR count). The molecule has 1 fully saturated rings. The smallest absolute Gasteiger partial charge is 0.166 e. The molecule has 1 aliphatic carbocycles. The number of hydrogen-bond donors (Lipinski definition) is 0. The summed E-state index contributed by atoms with van der Waals surface area (Å²) < 4.78 is 37.8. The van der Waals surface area contributed by atoms with E-state index >= 15 is 0 Å². The van der Waals surface area contributed by atoms with Crippen LogP contribution in [0.1, 0.15) is 56.7 Å². The Kier molecular flexibility index (Phi) is 4.46. The maximum Gasteiger partial charge on any atom is 0.416 e. The molecule has 18 heavy (non-hydrogen) atoms. The zero-order chi connectivity index (χ0) is 14.0. The summed E-state index contributed by atoms with van der Waals surface area (Å²) in [6, 6.07) is 4.10. The van der Waals surface area contributed by atoms with E-state index in [0.717, 1.165) is 30.4 Å². The van der Waals surface area contributed by atoms with E-state index in [-0.39, 0.29) is 5.41 Å². The van der Waals surface area contributed by atoms with Crippen LogP contribution in [-0.4, -0.2) is 0 Å². The number of rotatable bonds is 2. The molecule has 0 heterocycles. The van der Waals surface area contributed by atoms with Crippen LogP contribution in [0, 0.1) is 6.92 Å². The third kappa shape index (κ3) is 2.88. The van der Waals surface area contributed by atoms with Crippen molar-refractivity contribution in [2.45, 2.75) is 58.5 Å². The standard InChI is InChI=1S/C13H15F3.C2H6/c1-3-12(6-7-12)11-8-10(13(14,15)16)5-4-9(11)2;1-2/h4-5,8H,3,6-7H2,1-2H3;1-2H3. The van der Waals surface area contributed by atoms with Crippen LogP contribution in [0.25, 0.3) is 0 Å². The summed E-state index contributed by atoms with van der Waals surface area (Å²) >= 11 is 0. The predicted molar refractivity (Wildman–Crippen MR) is 68.7 cm³/mol. The molecule has 0 aromatic heterocycles. The lowest BCUT2D eigenvalue weighted by atomic mass is 9.88. The first-order valence-corrected chi connectivity index (χ1v) is 6.57. The van der Waals surface area contributed by atoms with E-state index in [9.17, 15) is 13.2 Å². The van der Waals surface area contributed by atoms with E-state index in [1.165, 1.54) is 12.1 Å². The van der Waals surface area contributed by atoms with Gasteiger partial charge in [0.1, 0.15) is 0 Å². The molecule has 1 saturated carbocycles. The van der Waals surface area contributed by atoms with Crippen LogP contribution in [0.15, 0.2) is 18.2 Å². The van der Waals surface area contributed by atoms with Gasteiger partial charge in [0, 0.05) is 0 Å². The van der Waals surface area contributed by atoms with Gasteiger partial charge in [-0.05, 0) is 54.9 Å². The Morgan fingerprint density at radius 1 is 1.17 bits per heavy atom. The molecule has 102 valence electrons. The Morgan fingerprint density at radius 2 is 1.72 bits per heavy atom. The van der Waals surface area contributed by atoms with Crippen LogP contribution in [0.2, 0.25) is 0 Å². The molecule has 1 aromatic carbocycles. The average Bonchev–Trinajstić information content (AvgIpc) is 3.11. The van der Waals surface area contributed by atoms with Gasteiger partial charge in [0.2, 0.25) is 0 Å². The molecule has 0 nitrogen and oxygen atoms in total. The van der Waals surface area contributed by atoms with E-state index < -0.39 is 11.7 Å². The summed E-state index contributed by atoms with van der Waals surface area (Å²) in [6.07, 6.45) is -1.27. The Hall–Kier alpha value is -0.990. The highest BCUT2D eigenvalue weighted by Gasteiger charge is 2.44. The number of aryl methyl sites for hydroxylation is 1. The van der Waals surface area contributed by atoms with Crippen LogP contribution in [0.3, 0.4) is 0 Å². The fraction of sp³-hybridized carbons (Fsp3) is 0.600. The minimum atomic E-state index is -4.23. The molecule has 1 aliphatic rings. The van der Waals surface area contributed by atoms with Gasteiger partial charge in [-0.15, -0.1) is 0 Å². The molecule has 0 amide bonds.